The summed E-state index contributed by atoms with van der Waals surface area (Å²) < 4.78 is 6.57. The Morgan fingerprint density at radius 2 is 2.04 bits per heavy atom. The number of halogens is 1. The van der Waals surface area contributed by atoms with Crippen molar-refractivity contribution >= 4 is 44.2 Å². The zero-order valence-corrected chi connectivity index (χ0v) is 14.1. The summed E-state index contributed by atoms with van der Waals surface area (Å²) in [5.74, 6) is 0.576. The van der Waals surface area contributed by atoms with Crippen LogP contribution in [-0.4, -0.2) is 17.5 Å². The van der Waals surface area contributed by atoms with Crippen LogP contribution in [0.25, 0.3) is 10.2 Å². The number of aromatic nitrogens is 1. The number of fused-ring (bicyclic) bond motifs is 1. The summed E-state index contributed by atoms with van der Waals surface area (Å²) in [4.78, 5) is 16.4. The average molecular weight is 347 g/mol. The van der Waals surface area contributed by atoms with Gasteiger partial charge in [-0.15, -0.1) is 0 Å². The number of carbonyl (C=O) groups excluding carboxylic acids is 1. The van der Waals surface area contributed by atoms with Crippen LogP contribution in [0.4, 0.5) is 5.13 Å². The van der Waals surface area contributed by atoms with Crippen molar-refractivity contribution in [3.8, 4) is 5.75 Å². The molecule has 0 atom stereocenters. The Kier molecular flexibility index (Phi) is 4.79. The van der Waals surface area contributed by atoms with Crippen LogP contribution >= 0.6 is 22.9 Å². The second-order valence-corrected chi connectivity index (χ2v) is 6.56. The van der Waals surface area contributed by atoms with E-state index in [0.717, 1.165) is 10.2 Å². The van der Waals surface area contributed by atoms with E-state index >= 15 is 0 Å². The quantitative estimate of drug-likeness (QED) is 0.730. The van der Waals surface area contributed by atoms with Gasteiger partial charge < -0.3 is 10.1 Å². The minimum atomic E-state index is -0.116. The summed E-state index contributed by atoms with van der Waals surface area (Å²) in [6.45, 7) is 2.34. The van der Waals surface area contributed by atoms with Crippen molar-refractivity contribution in [3.05, 3.63) is 53.1 Å². The molecule has 2 aromatic carbocycles. The molecule has 1 amide bonds. The Morgan fingerprint density at radius 1 is 1.26 bits per heavy atom. The van der Waals surface area contributed by atoms with Gasteiger partial charge in [0.25, 0.3) is 0 Å². The molecule has 0 aliphatic heterocycles. The summed E-state index contributed by atoms with van der Waals surface area (Å²) in [6, 6.07) is 13.1. The molecule has 0 bridgehead atoms. The number of anilines is 1. The lowest BCUT2D eigenvalue weighted by Gasteiger charge is -2.05. The summed E-state index contributed by atoms with van der Waals surface area (Å²) in [7, 11) is 0. The van der Waals surface area contributed by atoms with E-state index < -0.39 is 0 Å². The number of hydrogen-bond acceptors (Lipinski definition) is 4. The second kappa shape index (κ2) is 6.98. The molecule has 3 rings (SSSR count). The molecule has 0 saturated heterocycles. The van der Waals surface area contributed by atoms with Gasteiger partial charge in [0.15, 0.2) is 5.13 Å². The van der Waals surface area contributed by atoms with Crippen molar-refractivity contribution in [2.75, 3.05) is 11.9 Å². The van der Waals surface area contributed by atoms with E-state index in [0.29, 0.717) is 22.5 Å². The highest BCUT2D eigenvalue weighted by Crippen LogP contribution is 2.26. The molecule has 1 N–H and O–H groups in total. The molecule has 3 aromatic rings. The van der Waals surface area contributed by atoms with Gasteiger partial charge in [-0.05, 0) is 48.9 Å². The average Bonchev–Trinajstić information content (AvgIpc) is 2.90. The summed E-state index contributed by atoms with van der Waals surface area (Å²) in [6.07, 6.45) is 0.261. The summed E-state index contributed by atoms with van der Waals surface area (Å²) in [5, 5.41) is 4.08. The summed E-state index contributed by atoms with van der Waals surface area (Å²) >= 11 is 7.28. The maximum atomic E-state index is 12.0. The molecule has 23 heavy (non-hydrogen) atoms. The molecule has 0 saturated carbocycles. The molecule has 4 nitrogen and oxygen atoms in total. The normalized spacial score (nSPS) is 10.7. The third kappa shape index (κ3) is 4.21. The maximum absolute atomic E-state index is 12.0. The van der Waals surface area contributed by atoms with E-state index in [2.05, 4.69) is 16.4 Å². The first kappa shape index (κ1) is 15.8. The number of hydrogen-bond donors (Lipinski definition) is 1. The molecule has 1 heterocycles. The Morgan fingerprint density at radius 3 is 2.83 bits per heavy atom. The minimum absolute atomic E-state index is 0.116. The zero-order valence-electron chi connectivity index (χ0n) is 12.5. The molecule has 0 unspecified atom stereocenters. The van der Waals surface area contributed by atoms with Crippen molar-refractivity contribution < 1.29 is 9.53 Å². The Balaban J connectivity index is 1.53. The molecule has 1 aromatic heterocycles. The fraction of sp³-hybridized carbons (Fsp3) is 0.176. The smallest absolute Gasteiger partial charge is 0.229 e. The monoisotopic (exact) mass is 346 g/mol. The first-order valence-electron chi connectivity index (χ1n) is 7.15. The van der Waals surface area contributed by atoms with Crippen LogP contribution in [-0.2, 0) is 4.79 Å². The molecule has 6 heteroatoms. The highest BCUT2D eigenvalue weighted by molar-refractivity contribution is 7.22. The Hall–Kier alpha value is -2.11. The standard InChI is InChI=1S/C17H15ClN2O2S/c1-11-2-7-14-15(10-11)23-17(19-14)20-16(21)8-9-22-13-5-3-12(18)4-6-13/h2-7,10H,8-9H2,1H3,(H,19,20,21). The van der Waals surface area contributed by atoms with Gasteiger partial charge in [-0.1, -0.05) is 29.0 Å². The largest absolute Gasteiger partial charge is 0.493 e. The van der Waals surface area contributed by atoms with Crippen LogP contribution in [0.2, 0.25) is 5.02 Å². The van der Waals surface area contributed by atoms with Gasteiger partial charge in [0, 0.05) is 5.02 Å². The minimum Gasteiger partial charge on any atom is -0.493 e. The van der Waals surface area contributed by atoms with Crippen LogP contribution in [0.15, 0.2) is 42.5 Å². The van der Waals surface area contributed by atoms with Crippen molar-refractivity contribution in [1.82, 2.24) is 4.98 Å². The highest BCUT2D eigenvalue weighted by Gasteiger charge is 2.08. The van der Waals surface area contributed by atoms with Gasteiger partial charge in [0.2, 0.25) is 5.91 Å². The van der Waals surface area contributed by atoms with E-state index in [1.54, 1.807) is 24.3 Å². The second-order valence-electron chi connectivity index (χ2n) is 5.09. The van der Waals surface area contributed by atoms with Crippen LogP contribution in [0.1, 0.15) is 12.0 Å². The number of nitrogens with one attached hydrogen (secondary N) is 1. The fourth-order valence-electron chi connectivity index (χ4n) is 2.06. The first-order chi connectivity index (χ1) is 11.1. The molecular formula is C17H15ClN2O2S. The third-order valence-corrected chi connectivity index (χ3v) is 4.39. The fourth-order valence-corrected chi connectivity index (χ4v) is 3.17. The Bertz CT molecular complexity index is 830. The van der Waals surface area contributed by atoms with Crippen LogP contribution < -0.4 is 10.1 Å². The predicted octanol–water partition coefficient (Wildman–Crippen LogP) is 4.67. The number of thiazole rings is 1. The highest BCUT2D eigenvalue weighted by atomic mass is 35.5. The van der Waals surface area contributed by atoms with E-state index in [4.69, 9.17) is 16.3 Å². The zero-order chi connectivity index (χ0) is 16.2. The van der Waals surface area contributed by atoms with Crippen LogP contribution in [0.5, 0.6) is 5.75 Å². The molecule has 0 aliphatic rings. The first-order valence-corrected chi connectivity index (χ1v) is 8.35. The van der Waals surface area contributed by atoms with E-state index in [1.807, 2.05) is 19.1 Å². The molecule has 0 fully saturated rings. The Labute approximate surface area is 143 Å². The lowest BCUT2D eigenvalue weighted by Crippen LogP contribution is -2.14. The molecule has 0 aliphatic carbocycles. The van der Waals surface area contributed by atoms with E-state index in [1.165, 1.54) is 16.9 Å². The SMILES string of the molecule is Cc1ccc2nc(NC(=O)CCOc3ccc(Cl)cc3)sc2c1. The molecular weight excluding hydrogens is 332 g/mol. The van der Waals surface area contributed by atoms with Crippen molar-refractivity contribution in [2.45, 2.75) is 13.3 Å². The van der Waals surface area contributed by atoms with E-state index in [-0.39, 0.29) is 12.3 Å². The van der Waals surface area contributed by atoms with E-state index in [9.17, 15) is 4.79 Å². The van der Waals surface area contributed by atoms with Gasteiger partial charge in [0.05, 0.1) is 23.2 Å². The van der Waals surface area contributed by atoms with Crippen LogP contribution in [0, 0.1) is 6.92 Å². The maximum Gasteiger partial charge on any atom is 0.229 e. The van der Waals surface area contributed by atoms with Gasteiger partial charge in [-0.2, -0.15) is 0 Å². The lowest BCUT2D eigenvalue weighted by molar-refractivity contribution is -0.116. The van der Waals surface area contributed by atoms with Crippen LogP contribution in [0.3, 0.4) is 0 Å². The lowest BCUT2D eigenvalue weighted by atomic mass is 10.2. The number of nitrogens with zero attached hydrogens (tertiary/aromatic N) is 1. The van der Waals surface area contributed by atoms with Gasteiger partial charge in [-0.3, -0.25) is 4.79 Å². The number of carbonyl (C=O) groups is 1. The van der Waals surface area contributed by atoms with Crippen molar-refractivity contribution in [1.29, 1.82) is 0 Å². The molecule has 0 radical (unpaired) electrons. The summed E-state index contributed by atoms with van der Waals surface area (Å²) in [5.41, 5.74) is 2.07. The van der Waals surface area contributed by atoms with Gasteiger partial charge in [-0.25, -0.2) is 4.98 Å². The molecule has 118 valence electrons. The predicted molar refractivity (Wildman–Crippen MR) is 94.6 cm³/mol. The molecule has 0 spiro atoms. The number of rotatable bonds is 5. The van der Waals surface area contributed by atoms with Gasteiger partial charge in [0.1, 0.15) is 5.75 Å². The number of benzene rings is 2. The number of ether oxygens (including phenoxy) is 1. The third-order valence-electron chi connectivity index (χ3n) is 3.20. The van der Waals surface area contributed by atoms with Crippen molar-refractivity contribution in [2.24, 2.45) is 0 Å². The number of amides is 1. The van der Waals surface area contributed by atoms with Crippen molar-refractivity contribution in [3.63, 3.8) is 0 Å². The van der Waals surface area contributed by atoms with Gasteiger partial charge >= 0.3 is 0 Å². The topological polar surface area (TPSA) is 51.2 Å². The number of aryl methyl sites for hydroxylation is 1.